The van der Waals surface area contributed by atoms with E-state index in [2.05, 4.69) is 35.8 Å². The minimum atomic E-state index is 0.374. The summed E-state index contributed by atoms with van der Waals surface area (Å²) in [4.78, 5) is 1.36. The number of benzene rings is 1. The molecule has 3 aromatic rings. The van der Waals surface area contributed by atoms with Crippen molar-refractivity contribution in [3.8, 4) is 0 Å². The Hall–Kier alpha value is -1.58. The molecule has 0 saturated heterocycles. The van der Waals surface area contributed by atoms with E-state index in [0.29, 0.717) is 6.04 Å². The third-order valence-electron chi connectivity index (χ3n) is 3.13. The van der Waals surface area contributed by atoms with Gasteiger partial charge in [0.15, 0.2) is 0 Å². The van der Waals surface area contributed by atoms with Gasteiger partial charge in [-0.3, -0.25) is 0 Å². The molecule has 2 heterocycles. The number of fused-ring (bicyclic) bond motifs is 1. The van der Waals surface area contributed by atoms with E-state index in [9.17, 15) is 0 Å². The predicted octanol–water partition coefficient (Wildman–Crippen LogP) is 4.35. The van der Waals surface area contributed by atoms with Gasteiger partial charge in [0.1, 0.15) is 5.58 Å². The van der Waals surface area contributed by atoms with Gasteiger partial charge < -0.3 is 9.73 Å². The van der Waals surface area contributed by atoms with Gasteiger partial charge in [-0.2, -0.15) is 0 Å². The summed E-state index contributed by atoms with van der Waals surface area (Å²) in [5.41, 5.74) is 2.17. The van der Waals surface area contributed by atoms with Gasteiger partial charge in [-0.15, -0.1) is 11.3 Å². The van der Waals surface area contributed by atoms with Crippen LogP contribution in [-0.4, -0.2) is 0 Å². The molecule has 92 valence electrons. The van der Waals surface area contributed by atoms with E-state index in [1.807, 2.05) is 24.5 Å². The second-order valence-corrected chi connectivity index (χ2v) is 5.35. The van der Waals surface area contributed by atoms with Crippen LogP contribution in [-0.2, 0) is 6.54 Å². The molecule has 3 heteroatoms. The number of nitrogens with one attached hydrogen (secondary N) is 1. The number of hydrogen-bond acceptors (Lipinski definition) is 3. The van der Waals surface area contributed by atoms with Crippen molar-refractivity contribution in [3.05, 3.63) is 58.5 Å². The number of hydrogen-bond donors (Lipinski definition) is 1. The molecule has 0 fully saturated rings. The molecule has 1 aromatic carbocycles. The maximum atomic E-state index is 5.53. The highest BCUT2D eigenvalue weighted by atomic mass is 32.1. The van der Waals surface area contributed by atoms with E-state index in [1.165, 1.54) is 15.8 Å². The molecule has 1 N–H and O–H groups in total. The normalized spacial score (nSPS) is 12.9. The maximum Gasteiger partial charge on any atom is 0.134 e. The molecule has 0 unspecified atom stereocenters. The van der Waals surface area contributed by atoms with Crippen molar-refractivity contribution in [1.29, 1.82) is 0 Å². The topological polar surface area (TPSA) is 25.2 Å². The maximum absolute atomic E-state index is 5.53. The number of furan rings is 1. The molecule has 0 aliphatic carbocycles. The minimum Gasteiger partial charge on any atom is -0.464 e. The Balaban J connectivity index is 1.73. The fourth-order valence-corrected chi connectivity index (χ4v) is 2.83. The van der Waals surface area contributed by atoms with E-state index in [0.717, 1.165) is 12.1 Å². The molecule has 18 heavy (non-hydrogen) atoms. The molecule has 2 aromatic heterocycles. The van der Waals surface area contributed by atoms with Crippen molar-refractivity contribution in [2.45, 2.75) is 19.5 Å². The lowest BCUT2D eigenvalue weighted by molar-refractivity contribution is 0.568. The summed E-state index contributed by atoms with van der Waals surface area (Å²) in [7, 11) is 0. The summed E-state index contributed by atoms with van der Waals surface area (Å²) in [5, 5.41) is 6.84. The Labute approximate surface area is 110 Å². The molecule has 2 nitrogen and oxygen atoms in total. The molecule has 3 rings (SSSR count). The highest BCUT2D eigenvalue weighted by Crippen LogP contribution is 2.22. The molecule has 1 atom stereocenters. The van der Waals surface area contributed by atoms with Crippen LogP contribution in [0, 0.1) is 0 Å². The first-order valence-corrected chi connectivity index (χ1v) is 6.94. The molecule has 0 aliphatic heterocycles. The van der Waals surface area contributed by atoms with Gasteiger partial charge in [0, 0.05) is 28.4 Å². The smallest absolute Gasteiger partial charge is 0.134 e. The first kappa shape index (κ1) is 11.5. The highest BCUT2D eigenvalue weighted by molar-refractivity contribution is 7.10. The molecular formula is C15H15NOS. The van der Waals surface area contributed by atoms with Crippen molar-refractivity contribution in [1.82, 2.24) is 5.32 Å². The van der Waals surface area contributed by atoms with Crippen LogP contribution in [0.5, 0.6) is 0 Å². The number of thiophene rings is 1. The van der Waals surface area contributed by atoms with Gasteiger partial charge in [-0.25, -0.2) is 0 Å². The molecule has 0 aliphatic rings. The second kappa shape index (κ2) is 4.96. The molecule has 0 spiro atoms. The van der Waals surface area contributed by atoms with Crippen molar-refractivity contribution < 1.29 is 4.42 Å². The van der Waals surface area contributed by atoms with Gasteiger partial charge >= 0.3 is 0 Å². The van der Waals surface area contributed by atoms with Gasteiger partial charge in [-0.05, 0) is 24.4 Å². The van der Waals surface area contributed by atoms with Crippen LogP contribution in [0.2, 0.25) is 0 Å². The van der Waals surface area contributed by atoms with Crippen molar-refractivity contribution in [2.75, 3.05) is 0 Å². The summed E-state index contributed by atoms with van der Waals surface area (Å²) in [5.74, 6) is 0. The Morgan fingerprint density at radius 3 is 2.94 bits per heavy atom. The van der Waals surface area contributed by atoms with Crippen LogP contribution in [0.25, 0.3) is 11.0 Å². The first-order valence-electron chi connectivity index (χ1n) is 6.06. The minimum absolute atomic E-state index is 0.374. The molecule has 0 bridgehead atoms. The van der Waals surface area contributed by atoms with Crippen molar-refractivity contribution >= 4 is 22.3 Å². The SMILES string of the molecule is C[C@H](NCc1coc2ccccc12)c1cccs1. The van der Waals surface area contributed by atoms with Crippen LogP contribution < -0.4 is 5.32 Å². The lowest BCUT2D eigenvalue weighted by atomic mass is 10.1. The van der Waals surface area contributed by atoms with Gasteiger partial charge in [-0.1, -0.05) is 24.3 Å². The monoisotopic (exact) mass is 257 g/mol. The molecular weight excluding hydrogens is 242 g/mol. The quantitative estimate of drug-likeness (QED) is 0.752. The fourth-order valence-electron chi connectivity index (χ4n) is 2.07. The molecule has 0 saturated carbocycles. The van der Waals surface area contributed by atoms with Crippen LogP contribution in [0.1, 0.15) is 23.4 Å². The Bertz CT molecular complexity index is 627. The summed E-state index contributed by atoms with van der Waals surface area (Å²) in [6, 6.07) is 12.8. The Kier molecular flexibility index (Phi) is 3.17. The number of para-hydroxylation sites is 1. The largest absolute Gasteiger partial charge is 0.464 e. The Morgan fingerprint density at radius 1 is 1.22 bits per heavy atom. The first-order chi connectivity index (χ1) is 8.84. The third-order valence-corrected chi connectivity index (χ3v) is 4.18. The average Bonchev–Trinajstić information content (AvgIpc) is 3.06. The van der Waals surface area contributed by atoms with Crippen LogP contribution in [0.3, 0.4) is 0 Å². The highest BCUT2D eigenvalue weighted by Gasteiger charge is 2.08. The van der Waals surface area contributed by atoms with Gasteiger partial charge in [0.2, 0.25) is 0 Å². The zero-order valence-corrected chi connectivity index (χ0v) is 11.0. The van der Waals surface area contributed by atoms with Crippen LogP contribution >= 0.6 is 11.3 Å². The van der Waals surface area contributed by atoms with Gasteiger partial charge in [0.25, 0.3) is 0 Å². The molecule has 0 radical (unpaired) electrons. The van der Waals surface area contributed by atoms with E-state index in [-0.39, 0.29) is 0 Å². The molecule has 0 amide bonds. The van der Waals surface area contributed by atoms with Gasteiger partial charge in [0.05, 0.1) is 6.26 Å². The van der Waals surface area contributed by atoms with E-state index < -0.39 is 0 Å². The van der Waals surface area contributed by atoms with E-state index in [4.69, 9.17) is 4.42 Å². The standard InChI is InChI=1S/C15H15NOS/c1-11(15-7-4-8-18-15)16-9-12-10-17-14-6-3-2-5-13(12)14/h2-8,10-11,16H,9H2,1H3/t11-/m0/s1. The zero-order chi connectivity index (χ0) is 12.4. The Morgan fingerprint density at radius 2 is 2.11 bits per heavy atom. The zero-order valence-electron chi connectivity index (χ0n) is 10.2. The number of rotatable bonds is 4. The third kappa shape index (κ3) is 2.19. The summed E-state index contributed by atoms with van der Waals surface area (Å²) >= 11 is 1.79. The van der Waals surface area contributed by atoms with E-state index >= 15 is 0 Å². The van der Waals surface area contributed by atoms with E-state index in [1.54, 1.807) is 11.3 Å². The van der Waals surface area contributed by atoms with Crippen molar-refractivity contribution in [2.24, 2.45) is 0 Å². The lowest BCUT2D eigenvalue weighted by Crippen LogP contribution is -2.16. The second-order valence-electron chi connectivity index (χ2n) is 4.38. The fraction of sp³-hybridized carbons (Fsp3) is 0.200. The summed E-state index contributed by atoms with van der Waals surface area (Å²) in [6.45, 7) is 3.02. The summed E-state index contributed by atoms with van der Waals surface area (Å²) in [6.07, 6.45) is 1.85. The van der Waals surface area contributed by atoms with Crippen LogP contribution in [0.4, 0.5) is 0 Å². The lowest BCUT2D eigenvalue weighted by Gasteiger charge is -2.11. The predicted molar refractivity (Wildman–Crippen MR) is 75.8 cm³/mol. The van der Waals surface area contributed by atoms with Crippen LogP contribution in [0.15, 0.2) is 52.5 Å². The summed E-state index contributed by atoms with van der Waals surface area (Å²) < 4.78 is 5.53. The average molecular weight is 257 g/mol. The van der Waals surface area contributed by atoms with Crippen molar-refractivity contribution in [3.63, 3.8) is 0 Å².